The van der Waals surface area contributed by atoms with Crippen LogP contribution in [-0.4, -0.2) is 26.4 Å². The minimum atomic E-state index is -1.19. The van der Waals surface area contributed by atoms with Gasteiger partial charge in [0, 0.05) is 17.6 Å². The molecule has 0 radical (unpaired) electrons. The number of carboxylic acid groups (broad SMARTS) is 1. The van der Waals surface area contributed by atoms with E-state index in [-0.39, 0.29) is 16.8 Å². The molecule has 0 spiro atoms. The molecule has 0 aliphatic heterocycles. The van der Waals surface area contributed by atoms with Crippen LogP contribution in [0.5, 0.6) is 0 Å². The molecule has 6 heteroatoms. The smallest absolute Gasteiger partial charge is 0.338 e. The van der Waals surface area contributed by atoms with Crippen molar-refractivity contribution in [1.29, 1.82) is 0 Å². The normalized spacial score (nSPS) is 10.7. The van der Waals surface area contributed by atoms with Gasteiger partial charge in [-0.1, -0.05) is 0 Å². The van der Waals surface area contributed by atoms with Crippen LogP contribution in [0.4, 0.5) is 0 Å². The number of carbonyl (C=O) groups is 2. The Kier molecular flexibility index (Phi) is 2.35. The fourth-order valence-corrected chi connectivity index (χ4v) is 1.85. The van der Waals surface area contributed by atoms with E-state index in [1.807, 2.05) is 0 Å². The number of nitrogens with zero attached hydrogens (tertiary/aromatic N) is 2. The Bertz CT molecular complexity index is 643. The average Bonchev–Trinajstić information content (AvgIpc) is 2.56. The molecule has 2 aromatic heterocycles. The summed E-state index contributed by atoms with van der Waals surface area (Å²) >= 11 is 0. The van der Waals surface area contributed by atoms with Crippen LogP contribution in [0.25, 0.3) is 5.65 Å². The summed E-state index contributed by atoms with van der Waals surface area (Å²) < 4.78 is 1.55. The Labute approximate surface area is 96.7 Å². The number of primary amides is 1. The summed E-state index contributed by atoms with van der Waals surface area (Å²) in [7, 11) is 0. The molecule has 2 rings (SSSR count). The topological polar surface area (TPSA) is 97.7 Å². The van der Waals surface area contributed by atoms with Gasteiger partial charge in [-0.15, -0.1) is 0 Å². The van der Waals surface area contributed by atoms with Crippen LogP contribution in [0.2, 0.25) is 0 Å². The van der Waals surface area contributed by atoms with E-state index in [0.29, 0.717) is 5.69 Å². The maximum Gasteiger partial charge on any atom is 0.338 e. The van der Waals surface area contributed by atoms with Crippen molar-refractivity contribution in [3.8, 4) is 0 Å². The van der Waals surface area contributed by atoms with Crippen molar-refractivity contribution in [3.05, 3.63) is 34.8 Å². The maximum absolute atomic E-state index is 11.3. The summed E-state index contributed by atoms with van der Waals surface area (Å²) in [6.45, 7) is 3.57. The molecule has 17 heavy (non-hydrogen) atoms. The zero-order valence-electron chi connectivity index (χ0n) is 9.39. The first kappa shape index (κ1) is 11.1. The zero-order valence-corrected chi connectivity index (χ0v) is 9.39. The third-order valence-corrected chi connectivity index (χ3v) is 2.54. The summed E-state index contributed by atoms with van der Waals surface area (Å²) in [4.78, 5) is 26.5. The number of amides is 1. The van der Waals surface area contributed by atoms with Gasteiger partial charge in [-0.2, -0.15) is 0 Å². The van der Waals surface area contributed by atoms with Gasteiger partial charge in [-0.25, -0.2) is 9.78 Å². The van der Waals surface area contributed by atoms with Crippen LogP contribution in [0, 0.1) is 13.8 Å². The molecule has 0 saturated heterocycles. The molecule has 2 heterocycles. The third-order valence-electron chi connectivity index (χ3n) is 2.54. The van der Waals surface area contributed by atoms with Gasteiger partial charge in [-0.05, 0) is 19.9 Å². The van der Waals surface area contributed by atoms with Crippen molar-refractivity contribution < 1.29 is 14.7 Å². The second-order valence-electron chi connectivity index (χ2n) is 3.82. The fraction of sp³-hybridized carbons (Fsp3) is 0.182. The van der Waals surface area contributed by atoms with Crippen LogP contribution in [0.1, 0.15) is 32.1 Å². The van der Waals surface area contributed by atoms with Crippen molar-refractivity contribution in [2.75, 3.05) is 0 Å². The van der Waals surface area contributed by atoms with Crippen molar-refractivity contribution in [1.82, 2.24) is 9.38 Å². The number of carbonyl (C=O) groups excluding carboxylic acids is 1. The van der Waals surface area contributed by atoms with E-state index in [0.717, 1.165) is 5.69 Å². The molecular formula is C11H11N3O3. The van der Waals surface area contributed by atoms with Gasteiger partial charge < -0.3 is 15.2 Å². The van der Waals surface area contributed by atoms with E-state index >= 15 is 0 Å². The number of aryl methyl sites for hydroxylation is 2. The summed E-state index contributed by atoms with van der Waals surface area (Å²) in [6, 6.07) is 1.80. The first-order valence-corrected chi connectivity index (χ1v) is 4.94. The second-order valence-corrected chi connectivity index (χ2v) is 3.82. The van der Waals surface area contributed by atoms with Crippen LogP contribution >= 0.6 is 0 Å². The zero-order chi connectivity index (χ0) is 12.7. The van der Waals surface area contributed by atoms with Gasteiger partial charge in [0.15, 0.2) is 5.65 Å². The predicted molar refractivity (Wildman–Crippen MR) is 60.1 cm³/mol. The molecule has 1 amide bonds. The van der Waals surface area contributed by atoms with E-state index in [1.165, 1.54) is 6.20 Å². The standard InChI is InChI=1S/C11H11N3O3/c1-5-3-6(2)14-4-7(11(16)17)8(9(12)15)10(14)13-5/h3-4H,1-2H3,(H2,12,15)(H,16,17). The van der Waals surface area contributed by atoms with Crippen LogP contribution in [0.3, 0.4) is 0 Å². The Hall–Kier alpha value is -2.37. The molecule has 0 bridgehead atoms. The molecule has 0 aliphatic rings. The number of fused-ring (bicyclic) bond motifs is 1. The molecule has 0 atom stereocenters. The highest BCUT2D eigenvalue weighted by Gasteiger charge is 2.22. The maximum atomic E-state index is 11.3. The largest absolute Gasteiger partial charge is 0.478 e. The number of nitrogens with two attached hydrogens (primary N) is 1. The summed E-state index contributed by atoms with van der Waals surface area (Å²) in [5, 5.41) is 9.03. The number of rotatable bonds is 2. The number of hydrogen-bond donors (Lipinski definition) is 2. The summed E-state index contributed by atoms with van der Waals surface area (Å²) in [6.07, 6.45) is 1.36. The second kappa shape index (κ2) is 3.58. The first-order chi connectivity index (χ1) is 7.91. The highest BCUT2D eigenvalue weighted by Crippen LogP contribution is 2.19. The average molecular weight is 233 g/mol. The van der Waals surface area contributed by atoms with Gasteiger partial charge >= 0.3 is 5.97 Å². The van der Waals surface area contributed by atoms with Crippen LogP contribution in [0.15, 0.2) is 12.3 Å². The van der Waals surface area contributed by atoms with E-state index in [1.54, 1.807) is 24.3 Å². The Morgan fingerprint density at radius 3 is 2.59 bits per heavy atom. The molecular weight excluding hydrogens is 222 g/mol. The van der Waals surface area contributed by atoms with Crippen LogP contribution < -0.4 is 5.73 Å². The number of hydrogen-bond acceptors (Lipinski definition) is 3. The third kappa shape index (κ3) is 1.63. The lowest BCUT2D eigenvalue weighted by Crippen LogP contribution is -2.15. The minimum absolute atomic E-state index is 0.0516. The molecule has 6 nitrogen and oxygen atoms in total. The fourth-order valence-electron chi connectivity index (χ4n) is 1.85. The lowest BCUT2D eigenvalue weighted by molar-refractivity contribution is 0.0692. The van der Waals surface area contributed by atoms with E-state index in [2.05, 4.69) is 4.98 Å². The van der Waals surface area contributed by atoms with E-state index in [4.69, 9.17) is 10.8 Å². The van der Waals surface area contributed by atoms with Gasteiger partial charge in [0.25, 0.3) is 5.91 Å². The van der Waals surface area contributed by atoms with Gasteiger partial charge in [0.1, 0.15) is 0 Å². The lowest BCUT2D eigenvalue weighted by Gasteiger charge is -2.02. The van der Waals surface area contributed by atoms with Gasteiger partial charge in [-0.3, -0.25) is 4.79 Å². The number of carboxylic acids is 1. The Morgan fingerprint density at radius 2 is 2.06 bits per heavy atom. The monoisotopic (exact) mass is 233 g/mol. The molecule has 0 fully saturated rings. The van der Waals surface area contributed by atoms with Crippen molar-refractivity contribution in [3.63, 3.8) is 0 Å². The lowest BCUT2D eigenvalue weighted by atomic mass is 10.2. The number of aromatic nitrogens is 2. The van der Waals surface area contributed by atoms with E-state index < -0.39 is 11.9 Å². The molecule has 0 saturated carbocycles. The van der Waals surface area contributed by atoms with Crippen molar-refractivity contribution >= 4 is 17.5 Å². The summed E-state index contributed by atoms with van der Waals surface area (Å²) in [5.41, 5.74) is 6.81. The predicted octanol–water partition coefficient (Wildman–Crippen LogP) is 0.748. The quantitative estimate of drug-likeness (QED) is 0.799. The number of aromatic carboxylic acids is 1. The van der Waals surface area contributed by atoms with Gasteiger partial charge in [0.2, 0.25) is 0 Å². The highest BCUT2D eigenvalue weighted by atomic mass is 16.4. The van der Waals surface area contributed by atoms with Gasteiger partial charge in [0.05, 0.1) is 11.1 Å². The molecule has 2 aromatic rings. The molecule has 88 valence electrons. The first-order valence-electron chi connectivity index (χ1n) is 4.94. The highest BCUT2D eigenvalue weighted by molar-refractivity contribution is 6.08. The van der Waals surface area contributed by atoms with Crippen molar-refractivity contribution in [2.45, 2.75) is 13.8 Å². The van der Waals surface area contributed by atoms with Crippen LogP contribution in [-0.2, 0) is 0 Å². The Morgan fingerprint density at radius 1 is 1.41 bits per heavy atom. The minimum Gasteiger partial charge on any atom is -0.478 e. The van der Waals surface area contributed by atoms with Crippen molar-refractivity contribution in [2.24, 2.45) is 5.73 Å². The molecule has 0 unspecified atom stereocenters. The summed E-state index contributed by atoms with van der Waals surface area (Å²) in [5.74, 6) is -1.98. The molecule has 0 aliphatic carbocycles. The SMILES string of the molecule is Cc1cc(C)n2cc(C(=O)O)c(C(N)=O)c2n1. The van der Waals surface area contributed by atoms with E-state index in [9.17, 15) is 9.59 Å². The molecule has 0 aromatic carbocycles. The Balaban J connectivity index is 2.95. The molecule has 3 N–H and O–H groups in total.